The number of benzene rings is 2. The largest absolute Gasteiger partial charge is 0.360 e. The lowest BCUT2D eigenvalue weighted by atomic mass is 9.97. The van der Waals surface area contributed by atoms with Gasteiger partial charge in [-0.2, -0.15) is 0 Å². The Balaban J connectivity index is 1.58. The Morgan fingerprint density at radius 2 is 1.77 bits per heavy atom. The lowest BCUT2D eigenvalue weighted by molar-refractivity contribution is -0.914. The maximum absolute atomic E-state index is 12.9. The number of non-ortho nitro benzene ring substituents is 1. The van der Waals surface area contributed by atoms with Gasteiger partial charge in [-0.3, -0.25) is 14.9 Å². The number of amides is 1. The van der Waals surface area contributed by atoms with Crippen molar-refractivity contribution in [3.63, 3.8) is 0 Å². The lowest BCUT2D eigenvalue weighted by Gasteiger charge is -2.36. The van der Waals surface area contributed by atoms with Crippen molar-refractivity contribution in [2.75, 3.05) is 36.4 Å². The van der Waals surface area contributed by atoms with Crippen molar-refractivity contribution in [1.29, 1.82) is 0 Å². The summed E-state index contributed by atoms with van der Waals surface area (Å²) in [5.74, 6) is 0.443. The van der Waals surface area contributed by atoms with E-state index < -0.39 is 0 Å². The molecule has 1 aliphatic rings. The third-order valence-electron chi connectivity index (χ3n) is 6.20. The van der Waals surface area contributed by atoms with Crippen LogP contribution in [0.5, 0.6) is 0 Å². The lowest BCUT2D eigenvalue weighted by Crippen LogP contribution is -3.19. The van der Waals surface area contributed by atoms with Crippen LogP contribution in [0.1, 0.15) is 38.7 Å². The highest BCUT2D eigenvalue weighted by Gasteiger charge is 2.30. The first-order chi connectivity index (χ1) is 14.4. The third-order valence-corrected chi connectivity index (χ3v) is 6.20. The normalized spacial score (nSPS) is 16.7. The molecule has 0 bridgehead atoms. The SMILES string of the molecule is CC[C@H](C)c1ccccc1NC(=O)[C@@H](C)[NH+]1CCN(c2ccc([N+](=O)[O-])cc2)CC1. The van der Waals surface area contributed by atoms with Gasteiger partial charge in [0.2, 0.25) is 0 Å². The highest BCUT2D eigenvalue weighted by Crippen LogP contribution is 2.26. The molecule has 30 heavy (non-hydrogen) atoms. The van der Waals surface area contributed by atoms with Gasteiger partial charge in [-0.15, -0.1) is 0 Å². The molecule has 7 nitrogen and oxygen atoms in total. The summed E-state index contributed by atoms with van der Waals surface area (Å²) < 4.78 is 0. The average Bonchev–Trinajstić information content (AvgIpc) is 2.78. The van der Waals surface area contributed by atoms with Crippen LogP contribution in [0.3, 0.4) is 0 Å². The van der Waals surface area contributed by atoms with E-state index >= 15 is 0 Å². The standard InChI is InChI=1S/C23H30N4O3/c1-4-17(2)21-7-5-6-8-22(21)24-23(28)18(3)25-13-15-26(16-14-25)19-9-11-20(12-10-19)27(29)30/h5-12,17-18H,4,13-16H2,1-3H3,(H,24,28)/p+1/t17-,18+/m0/s1. The van der Waals surface area contributed by atoms with Gasteiger partial charge in [-0.05, 0) is 43.0 Å². The molecular formula is C23H31N4O3+. The van der Waals surface area contributed by atoms with E-state index in [1.807, 2.05) is 25.1 Å². The van der Waals surface area contributed by atoms with Crippen LogP contribution < -0.4 is 15.1 Å². The average molecular weight is 412 g/mol. The molecule has 0 spiro atoms. The molecular weight excluding hydrogens is 380 g/mol. The molecule has 2 N–H and O–H groups in total. The van der Waals surface area contributed by atoms with Gasteiger partial charge in [-0.25, -0.2) is 0 Å². The van der Waals surface area contributed by atoms with Crippen LogP contribution in [0.15, 0.2) is 48.5 Å². The van der Waals surface area contributed by atoms with Crippen molar-refractivity contribution in [3.8, 4) is 0 Å². The fourth-order valence-electron chi connectivity index (χ4n) is 3.96. The number of nitro groups is 1. The molecule has 1 saturated heterocycles. The molecule has 1 fully saturated rings. The van der Waals surface area contributed by atoms with E-state index in [1.165, 1.54) is 10.5 Å². The maximum Gasteiger partial charge on any atom is 0.282 e. The number of quaternary nitrogens is 1. The number of piperazine rings is 1. The van der Waals surface area contributed by atoms with E-state index in [9.17, 15) is 14.9 Å². The second-order valence-corrected chi connectivity index (χ2v) is 8.03. The number of carbonyl (C=O) groups is 1. The number of hydrogen-bond donors (Lipinski definition) is 2. The van der Waals surface area contributed by atoms with Gasteiger partial charge in [-0.1, -0.05) is 32.0 Å². The number of rotatable bonds is 7. The summed E-state index contributed by atoms with van der Waals surface area (Å²) >= 11 is 0. The molecule has 0 aromatic heterocycles. The molecule has 3 rings (SSSR count). The quantitative estimate of drug-likeness (QED) is 0.542. The zero-order valence-corrected chi connectivity index (χ0v) is 17.9. The topological polar surface area (TPSA) is 79.9 Å². The van der Waals surface area contributed by atoms with E-state index in [0.29, 0.717) is 5.92 Å². The Labute approximate surface area is 177 Å². The van der Waals surface area contributed by atoms with Crippen molar-refractivity contribution < 1.29 is 14.6 Å². The van der Waals surface area contributed by atoms with Crippen molar-refractivity contribution >= 4 is 23.0 Å². The fraction of sp³-hybridized carbons (Fsp3) is 0.435. The molecule has 2 aromatic carbocycles. The molecule has 160 valence electrons. The molecule has 0 saturated carbocycles. The van der Waals surface area contributed by atoms with Crippen LogP contribution in [0.25, 0.3) is 0 Å². The monoisotopic (exact) mass is 411 g/mol. The van der Waals surface area contributed by atoms with E-state index in [1.54, 1.807) is 24.3 Å². The summed E-state index contributed by atoms with van der Waals surface area (Å²) in [4.78, 5) is 26.8. The van der Waals surface area contributed by atoms with Gasteiger partial charge in [0, 0.05) is 23.5 Å². The van der Waals surface area contributed by atoms with E-state index in [2.05, 4.69) is 30.1 Å². The van der Waals surface area contributed by atoms with Gasteiger partial charge in [0.15, 0.2) is 6.04 Å². The van der Waals surface area contributed by atoms with Crippen LogP contribution in [-0.2, 0) is 4.79 Å². The van der Waals surface area contributed by atoms with Crippen molar-refractivity contribution in [2.45, 2.75) is 39.2 Å². The summed E-state index contributed by atoms with van der Waals surface area (Å²) in [6.07, 6.45) is 1.03. The highest BCUT2D eigenvalue weighted by molar-refractivity contribution is 5.94. The minimum Gasteiger partial charge on any atom is -0.360 e. The minimum atomic E-state index is -0.383. The summed E-state index contributed by atoms with van der Waals surface area (Å²) in [6, 6.07) is 14.6. The molecule has 0 unspecified atom stereocenters. The number of nitrogens with zero attached hydrogens (tertiary/aromatic N) is 2. The van der Waals surface area contributed by atoms with Gasteiger partial charge >= 0.3 is 0 Å². The maximum atomic E-state index is 12.9. The molecule has 7 heteroatoms. The fourth-order valence-corrected chi connectivity index (χ4v) is 3.96. The second kappa shape index (κ2) is 9.71. The number of anilines is 2. The van der Waals surface area contributed by atoms with E-state index in [-0.39, 0.29) is 22.6 Å². The Hall–Kier alpha value is -2.93. The van der Waals surface area contributed by atoms with Gasteiger partial charge in [0.05, 0.1) is 31.1 Å². The number of carbonyl (C=O) groups excluding carboxylic acids is 1. The molecule has 1 amide bonds. The zero-order valence-electron chi connectivity index (χ0n) is 17.9. The van der Waals surface area contributed by atoms with E-state index in [0.717, 1.165) is 44.0 Å². The van der Waals surface area contributed by atoms with Gasteiger partial charge in [0.1, 0.15) is 0 Å². The summed E-state index contributed by atoms with van der Waals surface area (Å²) in [6.45, 7) is 9.63. The number of hydrogen-bond acceptors (Lipinski definition) is 4. The number of nitrogens with one attached hydrogen (secondary N) is 2. The Bertz CT molecular complexity index is 876. The van der Waals surface area contributed by atoms with Gasteiger partial charge < -0.3 is 15.1 Å². The van der Waals surface area contributed by atoms with E-state index in [4.69, 9.17) is 0 Å². The van der Waals surface area contributed by atoms with Crippen LogP contribution >= 0.6 is 0 Å². The van der Waals surface area contributed by atoms with Crippen molar-refractivity contribution in [1.82, 2.24) is 0 Å². The summed E-state index contributed by atoms with van der Waals surface area (Å²) in [5, 5.41) is 14.0. The summed E-state index contributed by atoms with van der Waals surface area (Å²) in [5.41, 5.74) is 3.18. The Morgan fingerprint density at radius 3 is 2.37 bits per heavy atom. The van der Waals surface area contributed by atoms with Crippen molar-refractivity contribution in [2.24, 2.45) is 0 Å². The summed E-state index contributed by atoms with van der Waals surface area (Å²) in [7, 11) is 0. The van der Waals surface area contributed by atoms with Crippen LogP contribution in [0.2, 0.25) is 0 Å². The third kappa shape index (κ3) is 4.97. The smallest absolute Gasteiger partial charge is 0.282 e. The molecule has 1 aliphatic heterocycles. The first-order valence-electron chi connectivity index (χ1n) is 10.6. The van der Waals surface area contributed by atoms with Gasteiger partial charge in [0.25, 0.3) is 11.6 Å². The second-order valence-electron chi connectivity index (χ2n) is 8.03. The predicted octanol–water partition coefficient (Wildman–Crippen LogP) is 2.84. The van der Waals surface area contributed by atoms with Crippen LogP contribution in [0, 0.1) is 10.1 Å². The van der Waals surface area contributed by atoms with Crippen LogP contribution in [0.4, 0.5) is 17.1 Å². The molecule has 0 aliphatic carbocycles. The number of nitro benzene ring substituents is 1. The molecule has 2 aromatic rings. The molecule has 1 heterocycles. The first kappa shape index (κ1) is 21.8. The highest BCUT2D eigenvalue weighted by atomic mass is 16.6. The molecule has 0 radical (unpaired) electrons. The zero-order chi connectivity index (χ0) is 21.7. The van der Waals surface area contributed by atoms with Crippen molar-refractivity contribution in [3.05, 3.63) is 64.2 Å². The Morgan fingerprint density at radius 1 is 1.13 bits per heavy atom. The molecule has 2 atom stereocenters. The van der Waals surface area contributed by atoms with Crippen LogP contribution in [-0.4, -0.2) is 43.1 Å². The Kier molecular flexibility index (Phi) is 7.05. The first-order valence-corrected chi connectivity index (χ1v) is 10.6. The minimum absolute atomic E-state index is 0.0459. The number of para-hydroxylation sites is 1. The predicted molar refractivity (Wildman–Crippen MR) is 119 cm³/mol.